The molecule has 0 unspecified atom stereocenters. The summed E-state index contributed by atoms with van der Waals surface area (Å²) in [6, 6.07) is 11.8. The van der Waals surface area contributed by atoms with Crippen molar-refractivity contribution in [2.24, 2.45) is 0 Å². The third kappa shape index (κ3) is 3.80. The van der Waals surface area contributed by atoms with E-state index in [0.717, 1.165) is 33.8 Å². The molecule has 2 nitrogen and oxygen atoms in total. The third-order valence-corrected chi connectivity index (χ3v) is 3.23. The lowest BCUT2D eigenvalue weighted by atomic mass is 10.2. The van der Waals surface area contributed by atoms with E-state index in [4.69, 9.17) is 11.6 Å². The predicted molar refractivity (Wildman–Crippen MR) is 73.9 cm³/mol. The van der Waals surface area contributed by atoms with Gasteiger partial charge < -0.3 is 5.32 Å². The summed E-state index contributed by atoms with van der Waals surface area (Å²) in [6.07, 6.45) is 1.85. The van der Waals surface area contributed by atoms with E-state index in [-0.39, 0.29) is 0 Å². The van der Waals surface area contributed by atoms with Crippen LogP contribution in [0.15, 0.2) is 47.2 Å². The fourth-order valence-corrected chi connectivity index (χ4v) is 1.93. The molecule has 2 rings (SSSR count). The molecular formula is C13H12BrClN2. The molecule has 0 saturated heterocycles. The maximum absolute atomic E-state index is 6.07. The van der Waals surface area contributed by atoms with Crippen LogP contribution in [0.2, 0.25) is 5.02 Å². The van der Waals surface area contributed by atoms with Crippen molar-refractivity contribution in [1.29, 1.82) is 0 Å². The van der Waals surface area contributed by atoms with Gasteiger partial charge >= 0.3 is 0 Å². The zero-order valence-electron chi connectivity index (χ0n) is 9.16. The van der Waals surface area contributed by atoms with Gasteiger partial charge in [-0.1, -0.05) is 35.9 Å². The maximum Gasteiger partial charge on any atom is 0.106 e. The van der Waals surface area contributed by atoms with Crippen LogP contribution < -0.4 is 5.32 Å². The van der Waals surface area contributed by atoms with E-state index in [2.05, 4.69) is 26.2 Å². The zero-order valence-corrected chi connectivity index (χ0v) is 11.5. The molecule has 1 heterocycles. The Hall–Kier alpha value is -0.900. The van der Waals surface area contributed by atoms with E-state index >= 15 is 0 Å². The van der Waals surface area contributed by atoms with E-state index in [1.54, 1.807) is 0 Å². The standard InChI is InChI=1S/C13H12BrClN2/c14-13-6-5-10(8-17-13)7-16-9-11-3-1-2-4-12(11)15/h1-6,8,16H,7,9H2. The highest BCUT2D eigenvalue weighted by Crippen LogP contribution is 2.14. The number of nitrogens with zero attached hydrogens (tertiary/aromatic N) is 1. The van der Waals surface area contributed by atoms with Crippen molar-refractivity contribution < 1.29 is 0 Å². The fraction of sp³-hybridized carbons (Fsp3) is 0.154. The van der Waals surface area contributed by atoms with Gasteiger partial charge in [-0.05, 0) is 39.2 Å². The minimum Gasteiger partial charge on any atom is -0.309 e. The molecule has 0 radical (unpaired) electrons. The van der Waals surface area contributed by atoms with Crippen molar-refractivity contribution in [2.45, 2.75) is 13.1 Å². The van der Waals surface area contributed by atoms with Gasteiger partial charge in [0.2, 0.25) is 0 Å². The second-order valence-electron chi connectivity index (χ2n) is 3.68. The predicted octanol–water partition coefficient (Wildman–Crippen LogP) is 3.79. The van der Waals surface area contributed by atoms with Crippen LogP contribution in [0.4, 0.5) is 0 Å². The van der Waals surface area contributed by atoms with Crippen molar-refractivity contribution in [2.75, 3.05) is 0 Å². The van der Waals surface area contributed by atoms with E-state index in [1.807, 2.05) is 42.6 Å². The van der Waals surface area contributed by atoms with E-state index in [9.17, 15) is 0 Å². The van der Waals surface area contributed by atoms with Crippen molar-refractivity contribution in [1.82, 2.24) is 10.3 Å². The molecule has 0 aliphatic carbocycles. The topological polar surface area (TPSA) is 24.9 Å². The number of hydrogen-bond acceptors (Lipinski definition) is 2. The van der Waals surface area contributed by atoms with Crippen molar-refractivity contribution >= 4 is 27.5 Å². The van der Waals surface area contributed by atoms with E-state index in [0.29, 0.717) is 0 Å². The van der Waals surface area contributed by atoms with Gasteiger partial charge in [-0.3, -0.25) is 0 Å². The molecule has 88 valence electrons. The lowest BCUT2D eigenvalue weighted by Crippen LogP contribution is -2.13. The Bertz CT molecular complexity index is 485. The molecule has 0 aliphatic heterocycles. The SMILES string of the molecule is Clc1ccccc1CNCc1ccc(Br)nc1. The number of halogens is 2. The highest BCUT2D eigenvalue weighted by atomic mass is 79.9. The molecule has 0 bridgehead atoms. The monoisotopic (exact) mass is 310 g/mol. The molecule has 1 aromatic heterocycles. The highest BCUT2D eigenvalue weighted by molar-refractivity contribution is 9.10. The zero-order chi connectivity index (χ0) is 12.1. The van der Waals surface area contributed by atoms with Crippen LogP contribution in [0.25, 0.3) is 0 Å². The van der Waals surface area contributed by atoms with Gasteiger partial charge in [0.1, 0.15) is 4.60 Å². The molecule has 0 fully saturated rings. The Balaban J connectivity index is 1.88. The first-order valence-electron chi connectivity index (χ1n) is 5.30. The Morgan fingerprint density at radius 3 is 2.65 bits per heavy atom. The number of aromatic nitrogens is 1. The van der Waals surface area contributed by atoms with Crippen molar-refractivity contribution in [3.63, 3.8) is 0 Å². The maximum atomic E-state index is 6.07. The molecule has 1 N–H and O–H groups in total. The van der Waals surface area contributed by atoms with Gasteiger partial charge in [0.15, 0.2) is 0 Å². The molecule has 0 saturated carbocycles. The first-order chi connectivity index (χ1) is 8.25. The number of nitrogens with one attached hydrogen (secondary N) is 1. The molecule has 1 aromatic carbocycles. The fourth-order valence-electron chi connectivity index (χ4n) is 1.49. The average Bonchev–Trinajstić information content (AvgIpc) is 2.34. The Morgan fingerprint density at radius 1 is 1.12 bits per heavy atom. The third-order valence-electron chi connectivity index (χ3n) is 2.39. The molecule has 0 aliphatic rings. The van der Waals surface area contributed by atoms with Gasteiger partial charge in [-0.15, -0.1) is 0 Å². The van der Waals surface area contributed by atoms with Crippen molar-refractivity contribution in [3.05, 3.63) is 63.3 Å². The molecule has 17 heavy (non-hydrogen) atoms. The smallest absolute Gasteiger partial charge is 0.106 e. The first-order valence-corrected chi connectivity index (χ1v) is 6.47. The molecule has 0 spiro atoms. The number of rotatable bonds is 4. The summed E-state index contributed by atoms with van der Waals surface area (Å²) in [5.74, 6) is 0. The molecule has 2 aromatic rings. The summed E-state index contributed by atoms with van der Waals surface area (Å²) in [6.45, 7) is 1.54. The Kier molecular flexibility index (Phi) is 4.54. The van der Waals surface area contributed by atoms with Crippen LogP contribution in [0.5, 0.6) is 0 Å². The average molecular weight is 312 g/mol. The van der Waals surface area contributed by atoms with Crippen LogP contribution in [0.3, 0.4) is 0 Å². The summed E-state index contributed by atoms with van der Waals surface area (Å²) in [7, 11) is 0. The molecule has 4 heteroatoms. The lowest BCUT2D eigenvalue weighted by Gasteiger charge is -2.06. The minimum absolute atomic E-state index is 0.760. The number of benzene rings is 1. The largest absolute Gasteiger partial charge is 0.309 e. The second kappa shape index (κ2) is 6.15. The van der Waals surface area contributed by atoms with Crippen LogP contribution in [-0.4, -0.2) is 4.98 Å². The van der Waals surface area contributed by atoms with Gasteiger partial charge in [-0.2, -0.15) is 0 Å². The summed E-state index contributed by atoms with van der Waals surface area (Å²) in [5, 5.41) is 4.14. The lowest BCUT2D eigenvalue weighted by molar-refractivity contribution is 0.691. The van der Waals surface area contributed by atoms with Crippen LogP contribution in [0.1, 0.15) is 11.1 Å². The van der Waals surface area contributed by atoms with Gasteiger partial charge in [0.05, 0.1) is 0 Å². The van der Waals surface area contributed by atoms with E-state index < -0.39 is 0 Å². The molecule has 0 amide bonds. The highest BCUT2D eigenvalue weighted by Gasteiger charge is 1.98. The minimum atomic E-state index is 0.760. The number of hydrogen-bond donors (Lipinski definition) is 1. The summed E-state index contributed by atoms with van der Waals surface area (Å²) >= 11 is 9.38. The van der Waals surface area contributed by atoms with Crippen molar-refractivity contribution in [3.8, 4) is 0 Å². The molecule has 0 atom stereocenters. The summed E-state index contributed by atoms with van der Waals surface area (Å²) in [5.41, 5.74) is 2.26. The Morgan fingerprint density at radius 2 is 1.94 bits per heavy atom. The van der Waals surface area contributed by atoms with Crippen LogP contribution in [-0.2, 0) is 13.1 Å². The second-order valence-corrected chi connectivity index (χ2v) is 4.90. The summed E-state index contributed by atoms with van der Waals surface area (Å²) < 4.78 is 0.854. The Labute approximate surface area is 114 Å². The quantitative estimate of drug-likeness (QED) is 0.869. The summed E-state index contributed by atoms with van der Waals surface area (Å²) in [4.78, 5) is 4.17. The number of pyridine rings is 1. The van der Waals surface area contributed by atoms with Crippen LogP contribution >= 0.6 is 27.5 Å². The normalized spacial score (nSPS) is 10.5. The van der Waals surface area contributed by atoms with Gasteiger partial charge in [0.25, 0.3) is 0 Å². The van der Waals surface area contributed by atoms with Gasteiger partial charge in [-0.25, -0.2) is 4.98 Å². The van der Waals surface area contributed by atoms with E-state index in [1.165, 1.54) is 0 Å². The van der Waals surface area contributed by atoms with Gasteiger partial charge in [0, 0.05) is 24.3 Å². The van der Waals surface area contributed by atoms with Crippen LogP contribution in [0, 0.1) is 0 Å². The first kappa shape index (κ1) is 12.6. The molecular weight excluding hydrogens is 300 g/mol.